The smallest absolute Gasteiger partial charge is 0.243 e. The normalized spacial score (nSPS) is 14.5. The van der Waals surface area contributed by atoms with Gasteiger partial charge in [0.2, 0.25) is 21.8 Å². The van der Waals surface area contributed by atoms with Gasteiger partial charge in [-0.25, -0.2) is 8.42 Å². The number of carbonyl (C=O) groups is 2. The van der Waals surface area contributed by atoms with Gasteiger partial charge >= 0.3 is 0 Å². The van der Waals surface area contributed by atoms with Crippen LogP contribution in [0.4, 0.5) is 5.69 Å². The highest BCUT2D eigenvalue weighted by molar-refractivity contribution is 7.92. The molecule has 0 radical (unpaired) electrons. The molecule has 0 aromatic heterocycles. The molecule has 1 aliphatic carbocycles. The Morgan fingerprint density at radius 3 is 2.27 bits per heavy atom. The highest BCUT2D eigenvalue weighted by atomic mass is 35.5. The van der Waals surface area contributed by atoms with E-state index in [1.165, 1.54) is 17.0 Å². The van der Waals surface area contributed by atoms with Crippen LogP contribution in [-0.2, 0) is 32.6 Å². The van der Waals surface area contributed by atoms with Gasteiger partial charge < -0.3 is 10.2 Å². The second-order valence-corrected chi connectivity index (χ2v) is 14.3. The van der Waals surface area contributed by atoms with Crippen molar-refractivity contribution in [1.29, 1.82) is 0 Å². The van der Waals surface area contributed by atoms with Crippen LogP contribution in [0.5, 0.6) is 0 Å². The van der Waals surface area contributed by atoms with Crippen LogP contribution in [-0.4, -0.2) is 50.0 Å². The van der Waals surface area contributed by atoms with Gasteiger partial charge in [-0.05, 0) is 73.6 Å². The molecule has 1 atom stereocenters. The average Bonchev–Trinajstić information content (AvgIpc) is 2.99. The Morgan fingerprint density at radius 2 is 1.61 bits per heavy atom. The highest BCUT2D eigenvalue weighted by Crippen LogP contribution is 2.25. The molecule has 3 aromatic carbocycles. The molecule has 0 spiro atoms. The van der Waals surface area contributed by atoms with Crippen LogP contribution in [0.15, 0.2) is 72.8 Å². The molecule has 0 heterocycles. The number of sulfonamides is 1. The molecule has 4 rings (SSSR count). The summed E-state index contributed by atoms with van der Waals surface area (Å²) in [6.45, 7) is 4.19. The zero-order valence-corrected chi connectivity index (χ0v) is 27.5. The summed E-state index contributed by atoms with van der Waals surface area (Å²) in [6.07, 6.45) is 7.17. The Hall–Kier alpha value is -3.36. The van der Waals surface area contributed by atoms with Gasteiger partial charge in [0.05, 0.1) is 11.9 Å². The Morgan fingerprint density at radius 1 is 0.932 bits per heavy atom. The number of rotatable bonds is 13. The van der Waals surface area contributed by atoms with E-state index >= 15 is 0 Å². The Bertz CT molecular complexity index is 1510. The molecule has 7 nitrogen and oxygen atoms in total. The molecule has 1 N–H and O–H groups in total. The molecule has 1 unspecified atom stereocenters. The maximum absolute atomic E-state index is 14.1. The molecule has 1 aliphatic rings. The third-order valence-electron chi connectivity index (χ3n) is 8.27. The lowest BCUT2D eigenvalue weighted by Gasteiger charge is -2.34. The van der Waals surface area contributed by atoms with Crippen LogP contribution in [0.1, 0.15) is 67.2 Å². The van der Waals surface area contributed by atoms with Crippen molar-refractivity contribution in [2.75, 3.05) is 17.1 Å². The van der Waals surface area contributed by atoms with E-state index < -0.39 is 16.1 Å². The molecule has 0 saturated heterocycles. The Labute approximate surface area is 267 Å². The van der Waals surface area contributed by atoms with E-state index in [0.717, 1.165) is 47.9 Å². The molecule has 1 fully saturated rings. The maximum Gasteiger partial charge on any atom is 0.243 e. The predicted molar refractivity (Wildman–Crippen MR) is 178 cm³/mol. The van der Waals surface area contributed by atoms with Gasteiger partial charge in [0.25, 0.3) is 0 Å². The monoisotopic (exact) mass is 637 g/mol. The summed E-state index contributed by atoms with van der Waals surface area (Å²) < 4.78 is 27.0. The zero-order valence-electron chi connectivity index (χ0n) is 26.0. The van der Waals surface area contributed by atoms with Crippen molar-refractivity contribution in [3.05, 3.63) is 100 Å². The molecule has 236 valence electrons. The minimum atomic E-state index is -3.58. The second-order valence-electron chi connectivity index (χ2n) is 11.9. The molecular formula is C35H44ClN3O4S. The van der Waals surface area contributed by atoms with Crippen molar-refractivity contribution in [3.63, 3.8) is 0 Å². The standard InChI is InChI=1S/C35H44ClN3O4S/c1-26-16-17-27(2)32(23-26)39(44(3,42)43)22-10-15-34(40)38(25-29-18-20-30(36)21-19-29)33(24-28-11-6-4-7-12-28)35(41)37-31-13-8-5-9-14-31/h4,6-7,11-12,16-21,23,31,33H,5,8-10,13-15,22,24-25H2,1-3H3,(H,37,41). The summed E-state index contributed by atoms with van der Waals surface area (Å²) >= 11 is 6.15. The summed E-state index contributed by atoms with van der Waals surface area (Å²) in [6, 6.07) is 22.1. The van der Waals surface area contributed by atoms with Crippen LogP contribution in [0.2, 0.25) is 5.02 Å². The maximum atomic E-state index is 14.1. The minimum absolute atomic E-state index is 0.0898. The predicted octanol–water partition coefficient (Wildman–Crippen LogP) is 6.59. The van der Waals surface area contributed by atoms with Gasteiger partial charge in [0.15, 0.2) is 0 Å². The molecular weight excluding hydrogens is 594 g/mol. The van der Waals surface area contributed by atoms with E-state index in [-0.39, 0.29) is 37.4 Å². The van der Waals surface area contributed by atoms with Crippen LogP contribution in [0.3, 0.4) is 0 Å². The number of benzene rings is 3. The number of carbonyl (C=O) groups excluding carboxylic acids is 2. The van der Waals surface area contributed by atoms with Gasteiger partial charge in [-0.2, -0.15) is 0 Å². The van der Waals surface area contributed by atoms with Crippen molar-refractivity contribution in [3.8, 4) is 0 Å². The van der Waals surface area contributed by atoms with Crippen LogP contribution in [0, 0.1) is 13.8 Å². The van der Waals surface area contributed by atoms with Gasteiger partial charge in [0, 0.05) is 37.0 Å². The first-order valence-electron chi connectivity index (χ1n) is 15.4. The fourth-order valence-corrected chi connectivity index (χ4v) is 7.00. The minimum Gasteiger partial charge on any atom is -0.352 e. The lowest BCUT2D eigenvalue weighted by Crippen LogP contribution is -2.52. The molecule has 1 saturated carbocycles. The van der Waals surface area contributed by atoms with Gasteiger partial charge in [-0.1, -0.05) is 85.5 Å². The molecule has 3 aromatic rings. The van der Waals surface area contributed by atoms with E-state index in [9.17, 15) is 18.0 Å². The Kier molecular flexibility index (Phi) is 11.9. The van der Waals surface area contributed by atoms with E-state index in [1.54, 1.807) is 17.0 Å². The second kappa shape index (κ2) is 15.6. The van der Waals surface area contributed by atoms with Crippen molar-refractivity contribution >= 4 is 39.1 Å². The summed E-state index contributed by atoms with van der Waals surface area (Å²) in [4.78, 5) is 29.7. The van der Waals surface area contributed by atoms with Crippen molar-refractivity contribution in [1.82, 2.24) is 10.2 Å². The SMILES string of the molecule is Cc1ccc(C)c(N(CCCC(=O)N(Cc2ccc(Cl)cc2)C(Cc2ccccc2)C(=O)NC2CCCCC2)S(C)(=O)=O)c1. The van der Waals surface area contributed by atoms with E-state index in [0.29, 0.717) is 23.6 Å². The fraction of sp³-hybridized carbons (Fsp3) is 0.429. The number of nitrogens with zero attached hydrogens (tertiary/aromatic N) is 2. The quantitative estimate of drug-likeness (QED) is 0.229. The fourth-order valence-electron chi connectivity index (χ4n) is 5.86. The van der Waals surface area contributed by atoms with Crippen molar-refractivity contribution in [2.45, 2.75) is 83.8 Å². The first-order valence-corrected chi connectivity index (χ1v) is 17.7. The topological polar surface area (TPSA) is 86.8 Å². The average molecular weight is 638 g/mol. The van der Waals surface area contributed by atoms with Gasteiger partial charge in [-0.15, -0.1) is 0 Å². The van der Waals surface area contributed by atoms with E-state index in [4.69, 9.17) is 11.6 Å². The summed E-state index contributed by atoms with van der Waals surface area (Å²) in [7, 11) is -3.58. The molecule has 0 aliphatic heterocycles. The van der Waals surface area contributed by atoms with Crippen molar-refractivity contribution in [2.24, 2.45) is 0 Å². The number of aryl methyl sites for hydroxylation is 2. The third-order valence-corrected chi connectivity index (χ3v) is 9.71. The number of hydrogen-bond acceptors (Lipinski definition) is 4. The van der Waals surface area contributed by atoms with Crippen molar-refractivity contribution < 1.29 is 18.0 Å². The lowest BCUT2D eigenvalue weighted by atomic mass is 9.94. The zero-order chi connectivity index (χ0) is 31.7. The van der Waals surface area contributed by atoms with Gasteiger partial charge in [-0.3, -0.25) is 13.9 Å². The molecule has 0 bridgehead atoms. The van der Waals surface area contributed by atoms with E-state index in [2.05, 4.69) is 5.32 Å². The van der Waals surface area contributed by atoms with Gasteiger partial charge in [0.1, 0.15) is 6.04 Å². The lowest BCUT2D eigenvalue weighted by molar-refractivity contribution is -0.141. The summed E-state index contributed by atoms with van der Waals surface area (Å²) in [5.41, 5.74) is 4.24. The number of amides is 2. The van der Waals surface area contributed by atoms with E-state index in [1.807, 2.05) is 74.5 Å². The molecule has 44 heavy (non-hydrogen) atoms. The number of anilines is 1. The van der Waals surface area contributed by atoms with Crippen LogP contribution in [0.25, 0.3) is 0 Å². The largest absolute Gasteiger partial charge is 0.352 e. The van der Waals surface area contributed by atoms with Crippen LogP contribution < -0.4 is 9.62 Å². The first kappa shape index (κ1) is 33.5. The third kappa shape index (κ3) is 9.57. The first-order chi connectivity index (χ1) is 21.0. The number of nitrogens with one attached hydrogen (secondary N) is 1. The Balaban J connectivity index is 1.60. The molecule has 2 amide bonds. The number of halogens is 1. The number of hydrogen-bond donors (Lipinski definition) is 1. The summed E-state index contributed by atoms with van der Waals surface area (Å²) in [5, 5.41) is 3.85. The molecule has 9 heteroatoms. The summed E-state index contributed by atoms with van der Waals surface area (Å²) in [5.74, 6) is -0.356. The highest BCUT2D eigenvalue weighted by Gasteiger charge is 2.32. The van der Waals surface area contributed by atoms with Crippen LogP contribution >= 0.6 is 11.6 Å².